The maximum Gasteiger partial charge on any atom is 0.191 e. The average Bonchev–Trinajstić information content (AvgIpc) is 3.15. The molecule has 7 heteroatoms. The summed E-state index contributed by atoms with van der Waals surface area (Å²) in [4.78, 5) is 6.86. The molecular formula is C22H36IN5O. The molecule has 1 unspecified atom stereocenters. The number of hydrogen-bond acceptors (Lipinski definition) is 4. The summed E-state index contributed by atoms with van der Waals surface area (Å²) in [6, 6.07) is 10.9. The predicted molar refractivity (Wildman–Crippen MR) is 131 cm³/mol. The third-order valence-corrected chi connectivity index (χ3v) is 5.16. The zero-order chi connectivity index (χ0) is 20.4. The smallest absolute Gasteiger partial charge is 0.191 e. The molecule has 0 fully saturated rings. The Hall–Kier alpha value is -1.61. The van der Waals surface area contributed by atoms with Gasteiger partial charge in [-0.1, -0.05) is 63.2 Å². The standard InChI is InChI=1S/C22H35N5O.HI/c1-6-19-18(21(7-2)28-26-19)15-24-22(23-5)25-16-20(27(8-3)9-4)17-13-11-10-12-14-17;/h10-14,20H,6-9,15-16H2,1-5H3,(H2,23,24,25);1H. The van der Waals surface area contributed by atoms with Crippen molar-refractivity contribution in [1.82, 2.24) is 20.7 Å². The Kier molecular flexibility index (Phi) is 11.9. The van der Waals surface area contributed by atoms with Crippen LogP contribution in [-0.4, -0.2) is 42.7 Å². The van der Waals surface area contributed by atoms with E-state index in [4.69, 9.17) is 4.52 Å². The lowest BCUT2D eigenvalue weighted by molar-refractivity contribution is 0.219. The summed E-state index contributed by atoms with van der Waals surface area (Å²) in [5.74, 6) is 1.74. The lowest BCUT2D eigenvalue weighted by atomic mass is 10.1. The second kappa shape index (κ2) is 13.6. The monoisotopic (exact) mass is 513 g/mol. The highest BCUT2D eigenvalue weighted by Crippen LogP contribution is 2.19. The maximum absolute atomic E-state index is 5.46. The van der Waals surface area contributed by atoms with Gasteiger partial charge >= 0.3 is 0 Å². The lowest BCUT2D eigenvalue weighted by Gasteiger charge is -2.30. The van der Waals surface area contributed by atoms with Gasteiger partial charge in [-0.2, -0.15) is 0 Å². The van der Waals surface area contributed by atoms with Crippen molar-refractivity contribution in [3.63, 3.8) is 0 Å². The summed E-state index contributed by atoms with van der Waals surface area (Å²) in [6.45, 7) is 12.1. The molecule has 1 heterocycles. The average molecular weight is 513 g/mol. The molecule has 1 aromatic carbocycles. The Morgan fingerprint density at radius 3 is 2.31 bits per heavy atom. The Bertz CT molecular complexity index is 707. The number of benzene rings is 1. The minimum atomic E-state index is 0. The molecular weight excluding hydrogens is 477 g/mol. The van der Waals surface area contributed by atoms with E-state index in [1.807, 2.05) is 0 Å². The SMILES string of the molecule is CCc1noc(CC)c1CNC(=NC)NCC(c1ccccc1)N(CC)CC.I. The third-order valence-electron chi connectivity index (χ3n) is 5.16. The molecule has 0 amide bonds. The minimum absolute atomic E-state index is 0. The first-order valence-electron chi connectivity index (χ1n) is 10.4. The highest BCUT2D eigenvalue weighted by molar-refractivity contribution is 14.0. The van der Waals surface area contributed by atoms with Crippen LogP contribution in [0.4, 0.5) is 0 Å². The van der Waals surface area contributed by atoms with E-state index in [9.17, 15) is 0 Å². The first-order valence-corrected chi connectivity index (χ1v) is 10.4. The molecule has 162 valence electrons. The van der Waals surface area contributed by atoms with E-state index < -0.39 is 0 Å². The number of nitrogens with zero attached hydrogens (tertiary/aromatic N) is 3. The molecule has 2 N–H and O–H groups in total. The predicted octanol–water partition coefficient (Wildman–Crippen LogP) is 4.17. The Balaban J connectivity index is 0.00000420. The van der Waals surface area contributed by atoms with E-state index in [2.05, 4.69) is 83.7 Å². The number of aryl methyl sites for hydroxylation is 2. The Morgan fingerprint density at radius 2 is 1.76 bits per heavy atom. The van der Waals surface area contributed by atoms with E-state index >= 15 is 0 Å². The summed E-state index contributed by atoms with van der Waals surface area (Å²) in [6.07, 6.45) is 1.71. The molecule has 29 heavy (non-hydrogen) atoms. The normalized spacial score (nSPS) is 12.6. The summed E-state index contributed by atoms with van der Waals surface area (Å²) < 4.78 is 5.46. The first-order chi connectivity index (χ1) is 13.7. The third kappa shape index (κ3) is 6.99. The Labute approximate surface area is 192 Å². The van der Waals surface area contributed by atoms with Gasteiger partial charge in [0.1, 0.15) is 5.76 Å². The Morgan fingerprint density at radius 1 is 1.07 bits per heavy atom. The number of likely N-dealkylation sites (N-methyl/N-ethyl adjacent to an activating group) is 1. The van der Waals surface area contributed by atoms with Gasteiger partial charge < -0.3 is 15.2 Å². The molecule has 2 rings (SSSR count). The van der Waals surface area contributed by atoms with Crippen LogP contribution < -0.4 is 10.6 Å². The summed E-state index contributed by atoms with van der Waals surface area (Å²) >= 11 is 0. The first kappa shape index (κ1) is 25.4. The van der Waals surface area contributed by atoms with Gasteiger partial charge in [0.25, 0.3) is 0 Å². The van der Waals surface area contributed by atoms with Crippen molar-refractivity contribution >= 4 is 29.9 Å². The number of hydrogen-bond donors (Lipinski definition) is 2. The largest absolute Gasteiger partial charge is 0.361 e. The summed E-state index contributed by atoms with van der Waals surface area (Å²) in [5.41, 5.74) is 3.48. The number of aliphatic imine (C=N–C) groups is 1. The van der Waals surface area contributed by atoms with Crippen molar-refractivity contribution in [2.75, 3.05) is 26.7 Å². The van der Waals surface area contributed by atoms with Crippen LogP contribution in [0.3, 0.4) is 0 Å². The molecule has 2 aromatic rings. The molecule has 0 radical (unpaired) electrons. The van der Waals surface area contributed by atoms with Gasteiger partial charge in [0, 0.05) is 32.1 Å². The molecule has 0 aliphatic rings. The molecule has 0 aliphatic heterocycles. The van der Waals surface area contributed by atoms with Gasteiger partial charge in [0.2, 0.25) is 0 Å². The van der Waals surface area contributed by atoms with Crippen molar-refractivity contribution < 1.29 is 4.52 Å². The molecule has 0 saturated carbocycles. The molecule has 0 spiro atoms. The van der Waals surface area contributed by atoms with E-state index in [1.54, 1.807) is 7.05 Å². The van der Waals surface area contributed by atoms with Gasteiger partial charge in [0.05, 0.1) is 11.7 Å². The van der Waals surface area contributed by atoms with Crippen LogP contribution in [0.5, 0.6) is 0 Å². The molecule has 0 saturated heterocycles. The van der Waals surface area contributed by atoms with Crippen LogP contribution in [0.1, 0.15) is 56.3 Å². The number of guanidine groups is 1. The highest BCUT2D eigenvalue weighted by atomic mass is 127. The fourth-order valence-corrected chi connectivity index (χ4v) is 3.52. The second-order valence-electron chi connectivity index (χ2n) is 6.69. The van der Waals surface area contributed by atoms with Crippen molar-refractivity contribution in [2.45, 2.75) is 53.1 Å². The van der Waals surface area contributed by atoms with Crippen molar-refractivity contribution in [2.24, 2.45) is 4.99 Å². The molecule has 6 nitrogen and oxygen atoms in total. The summed E-state index contributed by atoms with van der Waals surface area (Å²) in [7, 11) is 1.80. The van der Waals surface area contributed by atoms with E-state index in [0.29, 0.717) is 12.6 Å². The van der Waals surface area contributed by atoms with Crippen molar-refractivity contribution in [3.05, 3.63) is 52.9 Å². The van der Waals surface area contributed by atoms with Crippen LogP contribution in [-0.2, 0) is 19.4 Å². The highest BCUT2D eigenvalue weighted by Gasteiger charge is 2.19. The molecule has 1 atom stereocenters. The van der Waals surface area contributed by atoms with E-state index in [-0.39, 0.29) is 24.0 Å². The van der Waals surface area contributed by atoms with Crippen LogP contribution in [0, 0.1) is 0 Å². The maximum atomic E-state index is 5.46. The summed E-state index contributed by atoms with van der Waals surface area (Å²) in [5, 5.41) is 11.1. The quantitative estimate of drug-likeness (QED) is 0.284. The second-order valence-corrected chi connectivity index (χ2v) is 6.69. The van der Waals surface area contributed by atoms with Crippen molar-refractivity contribution in [1.29, 1.82) is 0 Å². The van der Waals surface area contributed by atoms with Gasteiger partial charge in [-0.15, -0.1) is 24.0 Å². The number of aromatic nitrogens is 1. The number of nitrogens with one attached hydrogen (secondary N) is 2. The fraction of sp³-hybridized carbons (Fsp3) is 0.545. The van der Waals surface area contributed by atoms with Crippen LogP contribution >= 0.6 is 24.0 Å². The van der Waals surface area contributed by atoms with Gasteiger partial charge in [-0.05, 0) is 25.1 Å². The van der Waals surface area contributed by atoms with Crippen LogP contribution in [0.25, 0.3) is 0 Å². The zero-order valence-corrected chi connectivity index (χ0v) is 20.7. The van der Waals surface area contributed by atoms with Crippen molar-refractivity contribution in [3.8, 4) is 0 Å². The van der Waals surface area contributed by atoms with Crippen LogP contribution in [0.2, 0.25) is 0 Å². The van der Waals surface area contributed by atoms with Gasteiger partial charge in [-0.3, -0.25) is 9.89 Å². The number of rotatable bonds is 10. The number of halogens is 1. The van der Waals surface area contributed by atoms with E-state index in [1.165, 1.54) is 5.56 Å². The van der Waals surface area contributed by atoms with Gasteiger partial charge in [0.15, 0.2) is 5.96 Å². The molecule has 1 aromatic heterocycles. The molecule has 0 aliphatic carbocycles. The minimum Gasteiger partial charge on any atom is -0.361 e. The molecule has 0 bridgehead atoms. The zero-order valence-electron chi connectivity index (χ0n) is 18.4. The van der Waals surface area contributed by atoms with Crippen LogP contribution in [0.15, 0.2) is 39.8 Å². The fourth-order valence-electron chi connectivity index (χ4n) is 3.52. The topological polar surface area (TPSA) is 65.7 Å². The van der Waals surface area contributed by atoms with E-state index in [0.717, 1.165) is 55.5 Å². The lowest BCUT2D eigenvalue weighted by Crippen LogP contribution is -2.43. The van der Waals surface area contributed by atoms with Gasteiger partial charge in [-0.25, -0.2) is 0 Å².